The summed E-state index contributed by atoms with van der Waals surface area (Å²) in [6, 6.07) is 4.60. The highest BCUT2D eigenvalue weighted by molar-refractivity contribution is 5.44. The second-order valence-electron chi connectivity index (χ2n) is 9.33. The number of benzene rings is 1. The number of likely N-dealkylation sites (N-methyl/N-ethyl adjacent to an activating group) is 2. The molecule has 2 aliphatic heterocycles. The first-order valence-electron chi connectivity index (χ1n) is 11.7. The first-order chi connectivity index (χ1) is 16.3. The fourth-order valence-electron chi connectivity index (χ4n) is 5.04. The van der Waals surface area contributed by atoms with Crippen LogP contribution in [0.2, 0.25) is 0 Å². The van der Waals surface area contributed by atoms with Crippen LogP contribution in [0.15, 0.2) is 18.2 Å². The van der Waals surface area contributed by atoms with Crippen LogP contribution in [-0.2, 0) is 20.8 Å². The minimum atomic E-state index is -1.24. The highest BCUT2D eigenvalue weighted by Gasteiger charge is 2.51. The monoisotopic (exact) mass is 483 g/mol. The number of ether oxygens (including phenoxy) is 5. The van der Waals surface area contributed by atoms with Gasteiger partial charge in [-0.15, -0.1) is 0 Å². The van der Waals surface area contributed by atoms with Crippen molar-refractivity contribution in [3.8, 4) is 11.5 Å². The minimum Gasteiger partial charge on any atom is -0.454 e. The Morgan fingerprint density at radius 1 is 0.941 bits per heavy atom. The number of hydrogen-bond donors (Lipinski definition) is 6. The molecule has 8 atom stereocenters. The van der Waals surface area contributed by atoms with Gasteiger partial charge in [0.2, 0.25) is 6.79 Å². The van der Waals surface area contributed by atoms with E-state index in [0.29, 0.717) is 18.7 Å². The van der Waals surface area contributed by atoms with Crippen LogP contribution in [0.3, 0.4) is 0 Å². The molecule has 192 valence electrons. The van der Waals surface area contributed by atoms with E-state index in [4.69, 9.17) is 23.7 Å². The van der Waals surface area contributed by atoms with Crippen molar-refractivity contribution < 1.29 is 39.0 Å². The molecule has 2 fully saturated rings. The fourth-order valence-corrected chi connectivity index (χ4v) is 5.04. The molecule has 1 aromatic rings. The zero-order chi connectivity index (χ0) is 24.3. The van der Waals surface area contributed by atoms with Crippen molar-refractivity contribution in [2.24, 2.45) is 0 Å². The Hall–Kier alpha value is -1.54. The Labute approximate surface area is 199 Å². The van der Waals surface area contributed by atoms with Gasteiger partial charge in [-0.3, -0.25) is 0 Å². The Morgan fingerprint density at radius 2 is 1.71 bits per heavy atom. The van der Waals surface area contributed by atoms with Crippen LogP contribution in [0.4, 0.5) is 0 Å². The van der Waals surface area contributed by atoms with Gasteiger partial charge in [0, 0.05) is 19.5 Å². The van der Waals surface area contributed by atoms with E-state index < -0.39 is 42.1 Å². The molecule has 0 radical (unpaired) electrons. The van der Waals surface area contributed by atoms with Crippen molar-refractivity contribution in [3.05, 3.63) is 23.8 Å². The molecule has 3 aliphatic rings. The highest BCUT2D eigenvalue weighted by atomic mass is 16.7. The lowest BCUT2D eigenvalue weighted by Gasteiger charge is -2.48. The summed E-state index contributed by atoms with van der Waals surface area (Å²) in [4.78, 5) is 0. The molecule has 6 N–H and O–H groups in total. The predicted octanol–water partition coefficient (Wildman–Crippen LogP) is -1.32. The molecule has 0 aromatic heterocycles. The second-order valence-corrected chi connectivity index (χ2v) is 9.33. The van der Waals surface area contributed by atoms with E-state index >= 15 is 0 Å². The first kappa shape index (κ1) is 25.5. The van der Waals surface area contributed by atoms with E-state index in [1.54, 1.807) is 14.1 Å². The van der Waals surface area contributed by atoms with E-state index in [1.165, 1.54) is 0 Å². The molecule has 1 aliphatic carbocycles. The van der Waals surface area contributed by atoms with Gasteiger partial charge in [0.15, 0.2) is 11.5 Å². The van der Waals surface area contributed by atoms with Gasteiger partial charge in [0.1, 0.15) is 30.7 Å². The number of aliphatic hydroxyl groups is 3. The van der Waals surface area contributed by atoms with Gasteiger partial charge in [-0.25, -0.2) is 0 Å². The number of rotatable bonds is 6. The summed E-state index contributed by atoms with van der Waals surface area (Å²) in [5.74, 6) is 1.43. The van der Waals surface area contributed by atoms with Gasteiger partial charge in [-0.2, -0.15) is 0 Å². The van der Waals surface area contributed by atoms with Gasteiger partial charge in [-0.1, -0.05) is 6.07 Å². The average molecular weight is 484 g/mol. The highest BCUT2D eigenvalue weighted by Crippen LogP contribution is 2.33. The van der Waals surface area contributed by atoms with Crippen LogP contribution < -0.4 is 25.4 Å². The average Bonchev–Trinajstić information content (AvgIpc) is 3.27. The maximum atomic E-state index is 11.5. The molecule has 11 heteroatoms. The summed E-state index contributed by atoms with van der Waals surface area (Å²) < 4.78 is 28.6. The van der Waals surface area contributed by atoms with Gasteiger partial charge in [0.25, 0.3) is 0 Å². The molecule has 11 nitrogen and oxygen atoms in total. The van der Waals surface area contributed by atoms with Crippen LogP contribution in [-0.4, -0.2) is 104 Å². The SMILES string of the molecule is CNC1C(O)C(NC)C2OCC(O)(CNCc3ccc4c(c3)OCO4)CC(C)OCOC2C1O. The Kier molecular flexibility index (Phi) is 8.28. The van der Waals surface area contributed by atoms with Crippen molar-refractivity contribution in [2.45, 2.75) is 68.1 Å². The summed E-state index contributed by atoms with van der Waals surface area (Å²) in [6.07, 6.45) is -3.38. The van der Waals surface area contributed by atoms with Crippen LogP contribution in [0.5, 0.6) is 11.5 Å². The number of nitrogens with one attached hydrogen (secondary N) is 3. The third-order valence-electron chi connectivity index (χ3n) is 6.83. The molecule has 1 saturated carbocycles. The smallest absolute Gasteiger partial charge is 0.231 e. The largest absolute Gasteiger partial charge is 0.454 e. The molecule has 1 saturated heterocycles. The quantitative estimate of drug-likeness (QED) is 0.287. The van der Waals surface area contributed by atoms with Gasteiger partial charge >= 0.3 is 0 Å². The van der Waals surface area contributed by atoms with Gasteiger partial charge in [-0.05, 0) is 38.7 Å². The lowest BCUT2D eigenvalue weighted by molar-refractivity contribution is -0.243. The van der Waals surface area contributed by atoms with Crippen LogP contribution in [0.25, 0.3) is 0 Å². The fraction of sp³-hybridized carbons (Fsp3) is 0.739. The van der Waals surface area contributed by atoms with Crippen molar-refractivity contribution in [2.75, 3.05) is 40.8 Å². The summed E-state index contributed by atoms with van der Waals surface area (Å²) in [5.41, 5.74) is -0.246. The van der Waals surface area contributed by atoms with Crippen LogP contribution in [0, 0.1) is 0 Å². The van der Waals surface area contributed by atoms with Crippen molar-refractivity contribution >= 4 is 0 Å². The summed E-state index contributed by atoms with van der Waals surface area (Å²) >= 11 is 0. The Bertz CT molecular complexity index is 816. The summed E-state index contributed by atoms with van der Waals surface area (Å²) in [5, 5.41) is 42.4. The number of hydrogen-bond acceptors (Lipinski definition) is 11. The molecule has 4 rings (SSSR count). The molecule has 8 unspecified atom stereocenters. The molecular weight excluding hydrogens is 446 g/mol. The van der Waals surface area contributed by atoms with Crippen LogP contribution >= 0.6 is 0 Å². The lowest BCUT2D eigenvalue weighted by atomic mass is 9.81. The van der Waals surface area contributed by atoms with E-state index in [-0.39, 0.29) is 32.8 Å². The van der Waals surface area contributed by atoms with Gasteiger partial charge < -0.3 is 55.0 Å². The maximum Gasteiger partial charge on any atom is 0.231 e. The van der Waals surface area contributed by atoms with E-state index in [9.17, 15) is 15.3 Å². The molecule has 1 aromatic carbocycles. The van der Waals surface area contributed by atoms with E-state index in [1.807, 2.05) is 25.1 Å². The minimum absolute atomic E-state index is 0.0266. The number of fused-ring (bicyclic) bond motifs is 2. The van der Waals surface area contributed by atoms with Crippen LogP contribution in [0.1, 0.15) is 18.9 Å². The van der Waals surface area contributed by atoms with E-state index in [2.05, 4.69) is 16.0 Å². The van der Waals surface area contributed by atoms with Crippen molar-refractivity contribution in [1.29, 1.82) is 0 Å². The normalized spacial score (nSPS) is 38.4. The Balaban J connectivity index is 1.44. The summed E-state index contributed by atoms with van der Waals surface area (Å²) in [7, 11) is 3.39. The summed E-state index contributed by atoms with van der Waals surface area (Å²) in [6.45, 7) is 2.76. The third kappa shape index (κ3) is 5.48. The molecule has 0 spiro atoms. The number of aliphatic hydroxyl groups excluding tert-OH is 2. The topological polar surface area (TPSA) is 143 Å². The second kappa shape index (κ2) is 11.0. The van der Waals surface area contributed by atoms with Crippen molar-refractivity contribution in [1.82, 2.24) is 16.0 Å². The van der Waals surface area contributed by atoms with E-state index in [0.717, 1.165) is 11.3 Å². The first-order valence-corrected chi connectivity index (χ1v) is 11.7. The Morgan fingerprint density at radius 3 is 2.47 bits per heavy atom. The predicted molar refractivity (Wildman–Crippen MR) is 122 cm³/mol. The van der Waals surface area contributed by atoms with Crippen molar-refractivity contribution in [3.63, 3.8) is 0 Å². The van der Waals surface area contributed by atoms with Gasteiger partial charge in [0.05, 0.1) is 30.9 Å². The molecule has 2 heterocycles. The zero-order valence-electron chi connectivity index (χ0n) is 19.9. The molecular formula is C23H37N3O8. The standard InChI is InChI=1S/C23H37N3O8/c1-13-7-23(29,9-26-8-14-4-5-15-16(6-14)33-12-32-15)10-30-21-18(25-3)19(27)17(24-2)20(28)22(21)34-11-31-13/h4-6,13,17-22,24-29H,7-12H2,1-3H3. The maximum absolute atomic E-state index is 11.5. The molecule has 0 amide bonds. The third-order valence-corrected chi connectivity index (χ3v) is 6.83. The zero-order valence-corrected chi connectivity index (χ0v) is 19.9. The molecule has 0 bridgehead atoms. The molecule has 34 heavy (non-hydrogen) atoms. The lowest BCUT2D eigenvalue weighted by Crippen LogP contribution is -2.71.